The summed E-state index contributed by atoms with van der Waals surface area (Å²) < 4.78 is 6.51. The first-order chi connectivity index (χ1) is 15.7. The number of nitrogen functional groups attached to an aromatic ring is 1. The van der Waals surface area contributed by atoms with E-state index < -0.39 is 29.7 Å². The van der Waals surface area contributed by atoms with Crippen molar-refractivity contribution in [3.8, 4) is 0 Å². The molecule has 9 heteroatoms. The minimum absolute atomic E-state index is 0.0671. The summed E-state index contributed by atoms with van der Waals surface area (Å²) >= 11 is 0. The maximum atomic E-state index is 13.1. The summed E-state index contributed by atoms with van der Waals surface area (Å²) in [6.07, 6.45) is 3.88. The normalized spacial score (nSPS) is 10.8. The van der Waals surface area contributed by atoms with Crippen LogP contribution in [0, 0.1) is 13.8 Å². The Hall–Kier alpha value is -3.36. The summed E-state index contributed by atoms with van der Waals surface area (Å²) in [4.78, 5) is 53.9. The number of nitrogens with zero attached hydrogens (tertiary/aromatic N) is 2. The van der Waals surface area contributed by atoms with Gasteiger partial charge in [-0.2, -0.15) is 0 Å². The Kier molecular flexibility index (Phi) is 9.44. The Bertz CT molecular complexity index is 1100. The van der Waals surface area contributed by atoms with Crippen LogP contribution in [0.4, 0.5) is 11.5 Å². The number of anilines is 2. The quantitative estimate of drug-likeness (QED) is 0.394. The van der Waals surface area contributed by atoms with E-state index in [0.29, 0.717) is 24.9 Å². The van der Waals surface area contributed by atoms with Crippen molar-refractivity contribution >= 4 is 23.4 Å². The van der Waals surface area contributed by atoms with Crippen molar-refractivity contribution in [1.29, 1.82) is 0 Å². The van der Waals surface area contributed by atoms with E-state index in [1.54, 1.807) is 12.1 Å². The van der Waals surface area contributed by atoms with Crippen LogP contribution in [-0.2, 0) is 16.1 Å². The number of rotatable bonds is 11. The molecule has 0 aliphatic carbocycles. The number of aromatic nitrogens is 2. The van der Waals surface area contributed by atoms with Gasteiger partial charge in [-0.05, 0) is 49.9 Å². The van der Waals surface area contributed by atoms with E-state index in [4.69, 9.17) is 10.5 Å². The number of benzene rings is 1. The first kappa shape index (κ1) is 25.9. The first-order valence-corrected chi connectivity index (χ1v) is 11.4. The molecule has 2 rings (SSSR count). The lowest BCUT2D eigenvalue weighted by Gasteiger charge is -2.24. The zero-order chi connectivity index (χ0) is 24.5. The molecule has 3 N–H and O–H groups in total. The van der Waals surface area contributed by atoms with Crippen molar-refractivity contribution in [3.05, 3.63) is 55.7 Å². The lowest BCUT2D eigenvalue weighted by molar-refractivity contribution is -0.121. The van der Waals surface area contributed by atoms with Gasteiger partial charge in [0.1, 0.15) is 5.82 Å². The van der Waals surface area contributed by atoms with E-state index in [9.17, 15) is 19.2 Å². The molecule has 2 aromatic rings. The molecular weight excluding hydrogens is 424 g/mol. The highest BCUT2D eigenvalue weighted by Gasteiger charge is 2.25. The number of aryl methyl sites for hydroxylation is 2. The summed E-state index contributed by atoms with van der Waals surface area (Å²) in [6.45, 7) is 7.79. The molecule has 33 heavy (non-hydrogen) atoms. The van der Waals surface area contributed by atoms with Crippen molar-refractivity contribution in [3.63, 3.8) is 0 Å². The molecule has 1 aromatic carbocycles. The minimum Gasteiger partial charge on any atom is -0.452 e. The molecule has 1 aromatic heterocycles. The molecular formula is C24H34N4O5. The van der Waals surface area contributed by atoms with Crippen LogP contribution in [0.15, 0.2) is 27.8 Å². The third-order valence-electron chi connectivity index (χ3n) is 5.57. The molecule has 0 fully saturated rings. The third kappa shape index (κ3) is 6.57. The Morgan fingerprint density at radius 3 is 2.39 bits per heavy atom. The SMILES string of the molecule is CCCCCN(C(=O)COC(=O)c1ccc(C)c(C)c1)c1c(N)n(CCCC)c(=O)[nH]c1=O. The zero-order valence-corrected chi connectivity index (χ0v) is 19.9. The number of amides is 1. The second-order valence-electron chi connectivity index (χ2n) is 8.13. The number of carbonyl (C=O) groups excluding carboxylic acids is 2. The Morgan fingerprint density at radius 1 is 1.06 bits per heavy atom. The molecule has 0 aliphatic heterocycles. The fourth-order valence-electron chi connectivity index (χ4n) is 3.41. The van der Waals surface area contributed by atoms with Crippen molar-refractivity contribution in [2.24, 2.45) is 0 Å². The molecule has 0 radical (unpaired) electrons. The Labute approximate surface area is 193 Å². The van der Waals surface area contributed by atoms with Crippen LogP contribution >= 0.6 is 0 Å². The molecule has 9 nitrogen and oxygen atoms in total. The van der Waals surface area contributed by atoms with Gasteiger partial charge in [-0.15, -0.1) is 0 Å². The average Bonchev–Trinajstić information content (AvgIpc) is 2.77. The smallest absolute Gasteiger partial charge is 0.338 e. The minimum atomic E-state index is -0.740. The maximum Gasteiger partial charge on any atom is 0.338 e. The largest absolute Gasteiger partial charge is 0.452 e. The molecule has 0 bridgehead atoms. The molecule has 0 saturated heterocycles. The first-order valence-electron chi connectivity index (χ1n) is 11.4. The fraction of sp³-hybridized carbons (Fsp3) is 0.500. The predicted molar refractivity (Wildman–Crippen MR) is 129 cm³/mol. The third-order valence-corrected chi connectivity index (χ3v) is 5.57. The van der Waals surface area contributed by atoms with Gasteiger partial charge in [-0.3, -0.25) is 19.1 Å². The van der Waals surface area contributed by atoms with E-state index >= 15 is 0 Å². The molecule has 0 atom stereocenters. The van der Waals surface area contributed by atoms with Crippen LogP contribution in [0.25, 0.3) is 0 Å². The summed E-state index contributed by atoms with van der Waals surface area (Å²) in [7, 11) is 0. The van der Waals surface area contributed by atoms with Gasteiger partial charge in [0.05, 0.1) is 5.56 Å². The highest BCUT2D eigenvalue weighted by Crippen LogP contribution is 2.19. The topological polar surface area (TPSA) is 127 Å². The number of ether oxygens (including phenoxy) is 1. The molecule has 0 aliphatic rings. The van der Waals surface area contributed by atoms with Gasteiger partial charge in [-0.25, -0.2) is 9.59 Å². The highest BCUT2D eigenvalue weighted by atomic mass is 16.5. The summed E-state index contributed by atoms with van der Waals surface area (Å²) in [5, 5.41) is 0. The second kappa shape index (κ2) is 12.0. The van der Waals surface area contributed by atoms with Crippen LogP contribution in [0.1, 0.15) is 67.4 Å². The van der Waals surface area contributed by atoms with Gasteiger partial charge in [-0.1, -0.05) is 39.2 Å². The number of aromatic amines is 1. The zero-order valence-electron chi connectivity index (χ0n) is 19.9. The van der Waals surface area contributed by atoms with Crippen LogP contribution < -0.4 is 21.9 Å². The van der Waals surface area contributed by atoms with Gasteiger partial charge in [0.2, 0.25) is 0 Å². The van der Waals surface area contributed by atoms with Crippen LogP contribution in [0.5, 0.6) is 0 Å². The predicted octanol–water partition coefficient (Wildman–Crippen LogP) is 2.92. The van der Waals surface area contributed by atoms with Crippen molar-refractivity contribution in [2.75, 3.05) is 23.8 Å². The van der Waals surface area contributed by atoms with E-state index in [2.05, 4.69) is 4.98 Å². The van der Waals surface area contributed by atoms with E-state index in [-0.39, 0.29) is 18.1 Å². The van der Waals surface area contributed by atoms with Crippen molar-refractivity contribution in [2.45, 2.75) is 66.3 Å². The van der Waals surface area contributed by atoms with Crippen molar-refractivity contribution in [1.82, 2.24) is 9.55 Å². The summed E-state index contributed by atoms with van der Waals surface area (Å²) in [5.74, 6) is -1.28. The van der Waals surface area contributed by atoms with Gasteiger partial charge in [0.15, 0.2) is 12.3 Å². The highest BCUT2D eigenvalue weighted by molar-refractivity contribution is 5.98. The van der Waals surface area contributed by atoms with Crippen LogP contribution in [0.3, 0.4) is 0 Å². The maximum absolute atomic E-state index is 13.1. The number of esters is 1. The number of nitrogens with two attached hydrogens (primary N) is 1. The number of nitrogens with one attached hydrogen (secondary N) is 1. The lowest BCUT2D eigenvalue weighted by atomic mass is 10.1. The standard InChI is InChI=1S/C24H34N4O5/c1-5-7-9-13-27(20-21(25)28(12-8-6-2)24(32)26-22(20)30)19(29)15-33-23(31)18-11-10-16(3)17(4)14-18/h10-11,14H,5-9,12-13,15,25H2,1-4H3,(H,26,30,32). The molecule has 180 valence electrons. The van der Waals surface area contributed by atoms with E-state index in [1.807, 2.05) is 33.8 Å². The van der Waals surface area contributed by atoms with Crippen LogP contribution in [-0.4, -0.2) is 34.6 Å². The van der Waals surface area contributed by atoms with Gasteiger partial charge >= 0.3 is 11.7 Å². The van der Waals surface area contributed by atoms with E-state index in [1.165, 1.54) is 9.47 Å². The molecule has 0 unspecified atom stereocenters. The summed E-state index contributed by atoms with van der Waals surface area (Å²) in [5.41, 5.74) is 7.06. The number of hydrogen-bond acceptors (Lipinski definition) is 6. The summed E-state index contributed by atoms with van der Waals surface area (Å²) in [6, 6.07) is 5.15. The van der Waals surface area contributed by atoms with Gasteiger partial charge in [0, 0.05) is 13.1 Å². The molecule has 0 saturated carbocycles. The monoisotopic (exact) mass is 458 g/mol. The molecule has 1 heterocycles. The Morgan fingerprint density at radius 2 is 1.76 bits per heavy atom. The van der Waals surface area contributed by atoms with Gasteiger partial charge < -0.3 is 15.4 Å². The van der Waals surface area contributed by atoms with E-state index in [0.717, 1.165) is 30.4 Å². The second-order valence-corrected chi connectivity index (χ2v) is 8.13. The fourth-order valence-corrected chi connectivity index (χ4v) is 3.41. The number of unbranched alkanes of at least 4 members (excludes halogenated alkanes) is 3. The average molecular weight is 459 g/mol. The molecule has 1 amide bonds. The van der Waals surface area contributed by atoms with Gasteiger partial charge in [0.25, 0.3) is 11.5 Å². The van der Waals surface area contributed by atoms with Crippen LogP contribution in [0.2, 0.25) is 0 Å². The Balaban J connectivity index is 2.31. The molecule has 0 spiro atoms. The lowest BCUT2D eigenvalue weighted by Crippen LogP contribution is -2.43. The number of hydrogen-bond donors (Lipinski definition) is 2. The number of carbonyl (C=O) groups is 2. The number of H-pyrrole nitrogens is 1. The van der Waals surface area contributed by atoms with Crippen molar-refractivity contribution < 1.29 is 14.3 Å².